The van der Waals surface area contributed by atoms with Crippen LogP contribution >= 0.6 is 12.2 Å². The van der Waals surface area contributed by atoms with Crippen LogP contribution in [0.25, 0.3) is 0 Å². The fraction of sp³-hybridized carbons (Fsp3) is 0.875. The van der Waals surface area contributed by atoms with Crippen LogP contribution < -0.4 is 5.73 Å². The Morgan fingerprint density at radius 3 is 2.27 bits per heavy atom. The van der Waals surface area contributed by atoms with Gasteiger partial charge in [0.1, 0.15) is 5.75 Å². The lowest BCUT2D eigenvalue weighted by atomic mass is 10.4. The summed E-state index contributed by atoms with van der Waals surface area (Å²) in [6, 6.07) is 0. The highest BCUT2D eigenvalue weighted by atomic mass is 32.2. The molecule has 0 saturated carbocycles. The van der Waals surface area contributed by atoms with Gasteiger partial charge in [0.25, 0.3) is 0 Å². The van der Waals surface area contributed by atoms with Crippen molar-refractivity contribution in [2.75, 3.05) is 38.5 Å². The molecule has 1 aliphatic heterocycles. The van der Waals surface area contributed by atoms with Gasteiger partial charge in [-0.1, -0.05) is 19.1 Å². The lowest BCUT2D eigenvalue weighted by Gasteiger charge is -2.33. The van der Waals surface area contributed by atoms with Crippen LogP contribution in [-0.2, 0) is 10.0 Å². The number of sulfonamides is 1. The monoisotopic (exact) mass is 251 g/mol. The molecule has 1 fully saturated rings. The van der Waals surface area contributed by atoms with Crippen molar-refractivity contribution in [2.24, 2.45) is 5.73 Å². The van der Waals surface area contributed by atoms with Crippen LogP contribution in [0.5, 0.6) is 0 Å². The minimum absolute atomic E-state index is 0.0351. The van der Waals surface area contributed by atoms with E-state index in [9.17, 15) is 8.42 Å². The molecule has 1 heterocycles. The summed E-state index contributed by atoms with van der Waals surface area (Å²) in [6.45, 7) is 5.68. The molecule has 88 valence electrons. The third-order valence-electron chi connectivity index (χ3n) is 2.50. The Balaban J connectivity index is 2.56. The molecule has 0 radical (unpaired) electrons. The van der Waals surface area contributed by atoms with Gasteiger partial charge in [0, 0.05) is 26.2 Å². The molecule has 5 nitrogen and oxygen atoms in total. The van der Waals surface area contributed by atoms with Gasteiger partial charge in [-0.3, -0.25) is 0 Å². The molecule has 0 spiro atoms. The fourth-order valence-electron chi connectivity index (χ4n) is 1.59. The van der Waals surface area contributed by atoms with E-state index < -0.39 is 10.0 Å². The van der Waals surface area contributed by atoms with Gasteiger partial charge in [0.15, 0.2) is 0 Å². The summed E-state index contributed by atoms with van der Waals surface area (Å²) in [5.74, 6) is -0.214. The van der Waals surface area contributed by atoms with Crippen molar-refractivity contribution < 1.29 is 8.42 Å². The maximum atomic E-state index is 11.7. The van der Waals surface area contributed by atoms with Crippen LogP contribution in [0.3, 0.4) is 0 Å². The summed E-state index contributed by atoms with van der Waals surface area (Å²) in [5, 5.41) is 0. The summed E-state index contributed by atoms with van der Waals surface area (Å²) in [4.78, 5) is 2.25. The second-order valence-corrected chi connectivity index (χ2v) is 6.05. The molecule has 0 aliphatic carbocycles. The van der Waals surface area contributed by atoms with Crippen molar-refractivity contribution in [1.82, 2.24) is 9.21 Å². The molecule has 0 bridgehead atoms. The zero-order valence-electron chi connectivity index (χ0n) is 8.85. The smallest absolute Gasteiger partial charge is 0.220 e. The van der Waals surface area contributed by atoms with E-state index in [2.05, 4.69) is 24.0 Å². The third-order valence-corrected chi connectivity index (χ3v) is 4.65. The van der Waals surface area contributed by atoms with E-state index in [1.807, 2.05) is 0 Å². The van der Waals surface area contributed by atoms with Crippen LogP contribution in [-0.4, -0.2) is 61.1 Å². The zero-order chi connectivity index (χ0) is 11.5. The quantitative estimate of drug-likeness (QED) is 0.665. The van der Waals surface area contributed by atoms with Crippen molar-refractivity contribution in [2.45, 2.75) is 6.92 Å². The fourth-order valence-corrected chi connectivity index (χ4v) is 3.30. The van der Waals surface area contributed by atoms with Gasteiger partial charge in [0.2, 0.25) is 10.0 Å². The highest BCUT2D eigenvalue weighted by Crippen LogP contribution is 2.07. The van der Waals surface area contributed by atoms with Crippen molar-refractivity contribution >= 4 is 27.2 Å². The third kappa shape index (κ3) is 3.67. The largest absolute Gasteiger partial charge is 0.392 e. The average molecular weight is 251 g/mol. The topological polar surface area (TPSA) is 66.6 Å². The van der Waals surface area contributed by atoms with Crippen molar-refractivity contribution in [3.05, 3.63) is 0 Å². The number of nitrogens with two attached hydrogens (primary N) is 1. The standard InChI is InChI=1S/C8H17N3O2S2/c1-2-10-3-5-11(6-4-10)15(12,13)7-8(9)14/h2-7H2,1H3,(H2,9,14). The lowest BCUT2D eigenvalue weighted by molar-refractivity contribution is 0.197. The van der Waals surface area contributed by atoms with Crippen molar-refractivity contribution in [1.29, 1.82) is 0 Å². The first-order valence-electron chi connectivity index (χ1n) is 4.94. The second kappa shape index (κ2) is 5.20. The van der Waals surface area contributed by atoms with Gasteiger partial charge >= 0.3 is 0 Å². The van der Waals surface area contributed by atoms with Gasteiger partial charge in [-0.25, -0.2) is 8.42 Å². The normalized spacial score (nSPS) is 20.3. The number of piperazine rings is 1. The Labute approximate surface area is 96.3 Å². The van der Waals surface area contributed by atoms with Crippen LogP contribution in [0.4, 0.5) is 0 Å². The Bertz CT molecular complexity index is 321. The predicted molar refractivity (Wildman–Crippen MR) is 64.3 cm³/mol. The summed E-state index contributed by atoms with van der Waals surface area (Å²) < 4.78 is 24.9. The molecular formula is C8H17N3O2S2. The van der Waals surface area contributed by atoms with Crippen LogP contribution in [0, 0.1) is 0 Å². The molecule has 2 N–H and O–H groups in total. The molecule has 1 rings (SSSR count). The molecule has 0 amide bonds. The number of rotatable bonds is 4. The maximum Gasteiger partial charge on any atom is 0.220 e. The van der Waals surface area contributed by atoms with Gasteiger partial charge in [0.05, 0.1) is 4.99 Å². The number of hydrogen-bond donors (Lipinski definition) is 1. The van der Waals surface area contributed by atoms with E-state index in [0.717, 1.165) is 19.6 Å². The summed E-state index contributed by atoms with van der Waals surface area (Å²) >= 11 is 4.62. The molecule has 7 heteroatoms. The number of likely N-dealkylation sites (N-methyl/N-ethyl adjacent to an activating group) is 1. The second-order valence-electron chi connectivity index (χ2n) is 3.56. The van der Waals surface area contributed by atoms with E-state index in [0.29, 0.717) is 13.1 Å². The first kappa shape index (κ1) is 12.8. The Morgan fingerprint density at radius 2 is 1.87 bits per heavy atom. The molecule has 0 unspecified atom stereocenters. The SMILES string of the molecule is CCN1CCN(S(=O)(=O)CC(N)=S)CC1. The highest BCUT2D eigenvalue weighted by molar-refractivity contribution is 7.92. The highest BCUT2D eigenvalue weighted by Gasteiger charge is 2.26. The molecular weight excluding hydrogens is 234 g/mol. The van der Waals surface area contributed by atoms with E-state index in [4.69, 9.17) is 5.73 Å². The first-order chi connectivity index (χ1) is 6.95. The number of nitrogens with zero attached hydrogens (tertiary/aromatic N) is 2. The minimum atomic E-state index is -3.27. The van der Waals surface area contributed by atoms with Crippen molar-refractivity contribution in [3.8, 4) is 0 Å². The van der Waals surface area contributed by atoms with E-state index >= 15 is 0 Å². The van der Waals surface area contributed by atoms with E-state index in [-0.39, 0.29) is 10.7 Å². The summed E-state index contributed by atoms with van der Waals surface area (Å²) in [5.41, 5.74) is 5.25. The molecule has 0 aromatic carbocycles. The molecule has 1 saturated heterocycles. The zero-order valence-corrected chi connectivity index (χ0v) is 10.5. The summed E-state index contributed by atoms with van der Waals surface area (Å²) in [7, 11) is -3.27. The molecule has 0 atom stereocenters. The predicted octanol–water partition coefficient (Wildman–Crippen LogP) is -0.760. The van der Waals surface area contributed by atoms with Crippen molar-refractivity contribution in [3.63, 3.8) is 0 Å². The molecule has 0 aromatic heterocycles. The van der Waals surface area contributed by atoms with E-state index in [1.165, 1.54) is 4.31 Å². The average Bonchev–Trinajstić information content (AvgIpc) is 2.16. The maximum absolute atomic E-state index is 11.7. The van der Waals surface area contributed by atoms with Gasteiger partial charge in [-0.2, -0.15) is 4.31 Å². The molecule has 1 aliphatic rings. The minimum Gasteiger partial charge on any atom is -0.392 e. The lowest BCUT2D eigenvalue weighted by Crippen LogP contribution is -2.49. The molecule has 0 aromatic rings. The number of hydrogen-bond acceptors (Lipinski definition) is 4. The first-order valence-corrected chi connectivity index (χ1v) is 6.96. The Hall–Kier alpha value is -0.240. The Kier molecular flexibility index (Phi) is 4.45. The number of thiocarbonyl (C=S) groups is 1. The Morgan fingerprint density at radius 1 is 1.33 bits per heavy atom. The summed E-state index contributed by atoms with van der Waals surface area (Å²) in [6.07, 6.45) is 0. The van der Waals surface area contributed by atoms with Crippen LogP contribution in [0.15, 0.2) is 0 Å². The van der Waals surface area contributed by atoms with Gasteiger partial charge in [-0.15, -0.1) is 0 Å². The van der Waals surface area contributed by atoms with Crippen LogP contribution in [0.1, 0.15) is 6.92 Å². The van der Waals surface area contributed by atoms with Gasteiger partial charge in [-0.05, 0) is 6.54 Å². The molecule has 15 heavy (non-hydrogen) atoms. The van der Waals surface area contributed by atoms with Crippen LogP contribution in [0.2, 0.25) is 0 Å². The van der Waals surface area contributed by atoms with Gasteiger partial charge < -0.3 is 10.6 Å². The van der Waals surface area contributed by atoms with E-state index in [1.54, 1.807) is 0 Å².